The van der Waals surface area contributed by atoms with E-state index in [0.29, 0.717) is 6.42 Å². The molecule has 0 aromatic carbocycles. The molecule has 2 atom stereocenters. The number of rotatable bonds is 41. The Labute approximate surface area is 319 Å². The summed E-state index contributed by atoms with van der Waals surface area (Å²) in [5.74, 6) is -0.828. The summed E-state index contributed by atoms with van der Waals surface area (Å²) < 4.78 is 32.8. The number of carbonyl (C=O) groups is 2. The normalized spacial score (nSPS) is 13.4. The third-order valence-electron chi connectivity index (χ3n) is 9.40. The minimum atomic E-state index is -4.37. The monoisotopic (exact) mass is 760 g/mol. The van der Waals surface area contributed by atoms with Crippen LogP contribution in [0.25, 0.3) is 0 Å². The molecule has 0 aromatic heterocycles. The lowest BCUT2D eigenvalue weighted by molar-refractivity contribution is -0.161. The highest BCUT2D eigenvalue weighted by molar-refractivity contribution is 7.47. The second-order valence-electron chi connectivity index (χ2n) is 14.6. The van der Waals surface area contributed by atoms with Gasteiger partial charge in [0.05, 0.1) is 13.2 Å². The van der Waals surface area contributed by atoms with Crippen LogP contribution in [0.5, 0.6) is 0 Å². The molecule has 0 amide bonds. The lowest BCUT2D eigenvalue weighted by atomic mass is 10.0. The highest BCUT2D eigenvalue weighted by Gasteiger charge is 2.26. The van der Waals surface area contributed by atoms with Crippen LogP contribution in [0.15, 0.2) is 12.2 Å². The minimum Gasteiger partial charge on any atom is -0.462 e. The number of esters is 2. The van der Waals surface area contributed by atoms with Gasteiger partial charge in [0.2, 0.25) is 0 Å². The van der Waals surface area contributed by atoms with E-state index >= 15 is 0 Å². The maximum absolute atomic E-state index is 12.6. The predicted molar refractivity (Wildman–Crippen MR) is 215 cm³/mol. The Morgan fingerprint density at radius 1 is 0.558 bits per heavy atom. The Hall–Kier alpha value is -1.25. The smallest absolute Gasteiger partial charge is 0.462 e. The van der Waals surface area contributed by atoms with Crippen molar-refractivity contribution in [3.63, 3.8) is 0 Å². The molecule has 52 heavy (non-hydrogen) atoms. The summed E-state index contributed by atoms with van der Waals surface area (Å²) in [6.45, 7) is 3.73. The second kappa shape index (κ2) is 39.4. The van der Waals surface area contributed by atoms with E-state index in [0.717, 1.165) is 51.4 Å². The number of nitrogens with two attached hydrogens (primary N) is 1. The van der Waals surface area contributed by atoms with E-state index in [1.807, 2.05) is 0 Å². The highest BCUT2D eigenvalue weighted by Crippen LogP contribution is 2.43. The number of ether oxygens (including phenoxy) is 2. The van der Waals surface area contributed by atoms with E-state index in [9.17, 15) is 19.0 Å². The van der Waals surface area contributed by atoms with Crippen LogP contribution in [0.3, 0.4) is 0 Å². The van der Waals surface area contributed by atoms with Gasteiger partial charge in [-0.15, -0.1) is 0 Å². The Balaban J connectivity index is 4.11. The van der Waals surface area contributed by atoms with Crippen LogP contribution in [-0.4, -0.2) is 49.3 Å². The Morgan fingerprint density at radius 3 is 1.38 bits per heavy atom. The summed E-state index contributed by atoms with van der Waals surface area (Å²) in [5.41, 5.74) is 5.34. The van der Waals surface area contributed by atoms with Gasteiger partial charge in [0.1, 0.15) is 6.61 Å². The van der Waals surface area contributed by atoms with Crippen LogP contribution >= 0.6 is 7.82 Å². The molecular formula is C42H82NO8P. The Kier molecular flexibility index (Phi) is 38.5. The Morgan fingerprint density at radius 2 is 0.942 bits per heavy atom. The lowest BCUT2D eigenvalue weighted by Crippen LogP contribution is -2.29. The fourth-order valence-electron chi connectivity index (χ4n) is 6.16. The van der Waals surface area contributed by atoms with Gasteiger partial charge in [0, 0.05) is 19.4 Å². The van der Waals surface area contributed by atoms with Crippen molar-refractivity contribution in [1.29, 1.82) is 0 Å². The largest absolute Gasteiger partial charge is 0.472 e. The van der Waals surface area contributed by atoms with Gasteiger partial charge in [0.15, 0.2) is 6.10 Å². The minimum absolute atomic E-state index is 0.0551. The van der Waals surface area contributed by atoms with Crippen molar-refractivity contribution in [2.24, 2.45) is 5.73 Å². The molecule has 0 aliphatic heterocycles. The van der Waals surface area contributed by atoms with E-state index in [2.05, 4.69) is 26.0 Å². The van der Waals surface area contributed by atoms with Crippen LogP contribution in [0.1, 0.15) is 213 Å². The summed E-state index contributed by atoms with van der Waals surface area (Å²) in [6, 6.07) is 0. The second-order valence-corrected chi connectivity index (χ2v) is 16.0. The molecule has 3 N–H and O–H groups in total. The van der Waals surface area contributed by atoms with Gasteiger partial charge in [-0.1, -0.05) is 174 Å². The molecular weight excluding hydrogens is 677 g/mol. The molecule has 0 aliphatic rings. The number of hydrogen-bond acceptors (Lipinski definition) is 8. The van der Waals surface area contributed by atoms with Crippen molar-refractivity contribution in [2.75, 3.05) is 26.4 Å². The average Bonchev–Trinajstić information content (AvgIpc) is 3.13. The van der Waals surface area contributed by atoms with Crippen molar-refractivity contribution in [2.45, 2.75) is 219 Å². The van der Waals surface area contributed by atoms with Crippen LogP contribution in [0.2, 0.25) is 0 Å². The molecule has 0 bridgehead atoms. The maximum Gasteiger partial charge on any atom is 0.472 e. The van der Waals surface area contributed by atoms with E-state index < -0.39 is 26.5 Å². The molecule has 0 saturated carbocycles. The first-order valence-electron chi connectivity index (χ1n) is 21.7. The molecule has 0 rings (SSSR count). The molecule has 1 unspecified atom stereocenters. The zero-order chi connectivity index (χ0) is 38.2. The molecule has 0 saturated heterocycles. The van der Waals surface area contributed by atoms with Gasteiger partial charge in [-0.3, -0.25) is 18.6 Å². The van der Waals surface area contributed by atoms with Crippen molar-refractivity contribution in [3.8, 4) is 0 Å². The van der Waals surface area contributed by atoms with Crippen LogP contribution in [-0.2, 0) is 32.7 Å². The van der Waals surface area contributed by atoms with Gasteiger partial charge >= 0.3 is 19.8 Å². The molecule has 10 heteroatoms. The molecule has 9 nitrogen and oxygen atoms in total. The number of hydrogen-bond donors (Lipinski definition) is 2. The third-order valence-corrected chi connectivity index (χ3v) is 10.4. The van der Waals surface area contributed by atoms with Crippen LogP contribution < -0.4 is 5.73 Å². The molecule has 0 aliphatic carbocycles. The molecule has 308 valence electrons. The predicted octanol–water partition coefficient (Wildman–Crippen LogP) is 12.2. The summed E-state index contributed by atoms with van der Waals surface area (Å²) >= 11 is 0. The summed E-state index contributed by atoms with van der Waals surface area (Å²) in [5, 5.41) is 0. The Bertz CT molecular complexity index is 871. The SMILES string of the molecule is CCCCCC/C=C/CCCCCCCC(=O)OC[C@H](COP(=O)(O)OCCN)OC(=O)CCCCCCCCCCCCCCCCCCCC. The fourth-order valence-corrected chi connectivity index (χ4v) is 6.92. The van der Waals surface area contributed by atoms with Crippen molar-refractivity contribution in [3.05, 3.63) is 12.2 Å². The zero-order valence-electron chi connectivity index (χ0n) is 33.8. The molecule has 0 fully saturated rings. The van der Waals surface area contributed by atoms with Gasteiger partial charge < -0.3 is 20.1 Å². The zero-order valence-corrected chi connectivity index (χ0v) is 34.7. The molecule has 0 radical (unpaired) electrons. The number of allylic oxidation sites excluding steroid dienone is 2. The summed E-state index contributed by atoms with van der Waals surface area (Å²) in [4.78, 5) is 34.8. The first kappa shape index (κ1) is 50.8. The lowest BCUT2D eigenvalue weighted by Gasteiger charge is -2.19. The van der Waals surface area contributed by atoms with E-state index in [1.54, 1.807) is 0 Å². The quantitative estimate of drug-likeness (QED) is 0.0270. The topological polar surface area (TPSA) is 134 Å². The van der Waals surface area contributed by atoms with Crippen LogP contribution in [0, 0.1) is 0 Å². The summed E-state index contributed by atoms with van der Waals surface area (Å²) in [7, 11) is -4.37. The van der Waals surface area contributed by atoms with Gasteiger partial charge in [-0.25, -0.2) is 4.57 Å². The van der Waals surface area contributed by atoms with Crippen molar-refractivity contribution < 1.29 is 37.6 Å². The molecule has 0 aromatic rings. The van der Waals surface area contributed by atoms with Gasteiger partial charge in [0.25, 0.3) is 0 Å². The van der Waals surface area contributed by atoms with Crippen LogP contribution in [0.4, 0.5) is 0 Å². The van der Waals surface area contributed by atoms with E-state index in [4.69, 9.17) is 24.3 Å². The first-order valence-corrected chi connectivity index (χ1v) is 23.2. The molecule has 0 spiro atoms. The van der Waals surface area contributed by atoms with E-state index in [1.165, 1.54) is 128 Å². The third kappa shape index (κ3) is 38.5. The fraction of sp³-hybridized carbons (Fsp3) is 0.905. The first-order chi connectivity index (χ1) is 25.3. The van der Waals surface area contributed by atoms with Gasteiger partial charge in [-0.2, -0.15) is 0 Å². The average molecular weight is 760 g/mol. The number of phosphoric acid groups is 1. The standard InChI is InChI=1S/C42H82NO8P/c1-3-5-7-9-11-13-15-17-18-19-20-21-23-25-27-29-31-33-35-42(45)51-40(39-50-52(46,47)49-37-36-43)38-48-41(44)34-32-30-28-26-24-22-16-14-12-10-8-6-4-2/h14,16,40H,3-13,15,17-39,43H2,1-2H3,(H,46,47)/b16-14+/t40-/m1/s1. The number of phosphoric ester groups is 1. The van der Waals surface area contributed by atoms with Gasteiger partial charge in [-0.05, 0) is 38.5 Å². The van der Waals surface area contributed by atoms with Crippen molar-refractivity contribution >= 4 is 19.8 Å². The highest BCUT2D eigenvalue weighted by atomic mass is 31.2. The number of carbonyl (C=O) groups excluding carboxylic acids is 2. The maximum atomic E-state index is 12.6. The molecule has 0 heterocycles. The van der Waals surface area contributed by atoms with E-state index in [-0.39, 0.29) is 38.6 Å². The number of unbranched alkanes of at least 4 members (excludes halogenated alkanes) is 26. The van der Waals surface area contributed by atoms with Crippen molar-refractivity contribution in [1.82, 2.24) is 0 Å². The summed E-state index contributed by atoms with van der Waals surface area (Å²) in [6.07, 6.45) is 39.5.